The molecule has 2 aromatic rings. The number of piperidine rings is 1. The second-order valence-electron chi connectivity index (χ2n) is 10.5. The number of hydrogen-bond acceptors (Lipinski definition) is 3. The lowest BCUT2D eigenvalue weighted by Gasteiger charge is -2.44. The lowest BCUT2D eigenvalue weighted by molar-refractivity contribution is -0.141. The third-order valence-corrected chi connectivity index (χ3v) is 8.28. The number of hydrogen-bond donors (Lipinski definition) is 0. The molecule has 1 spiro atoms. The number of aromatic nitrogens is 1. The maximum Gasteiger partial charge on any atom is 0.233 e. The Morgan fingerprint density at radius 2 is 1.78 bits per heavy atom. The molecule has 1 aliphatic carbocycles. The molecule has 1 aromatic carbocycles. The average Bonchev–Trinajstić information content (AvgIpc) is 3.22. The Bertz CT molecular complexity index is 910. The minimum atomic E-state index is -0.315. The number of aryl methyl sites for hydroxylation is 1. The first-order valence-corrected chi connectivity index (χ1v) is 12.5. The molecule has 3 fully saturated rings. The third-order valence-electron chi connectivity index (χ3n) is 8.28. The van der Waals surface area contributed by atoms with Gasteiger partial charge >= 0.3 is 0 Å². The van der Waals surface area contributed by atoms with Crippen LogP contribution in [0, 0.1) is 12.3 Å². The molecule has 3 aliphatic rings. The van der Waals surface area contributed by atoms with E-state index in [1.807, 2.05) is 18.3 Å². The minimum absolute atomic E-state index is 0.236. The molecular formula is C28H36N2O2. The highest BCUT2D eigenvalue weighted by atomic mass is 16.5. The number of ether oxygens (including phenoxy) is 1. The highest BCUT2D eigenvalue weighted by molar-refractivity contribution is 5.88. The van der Waals surface area contributed by atoms with Crippen molar-refractivity contribution in [3.05, 3.63) is 65.5 Å². The van der Waals surface area contributed by atoms with Crippen LogP contribution < -0.4 is 0 Å². The Balaban J connectivity index is 1.25. The number of nitrogens with zero attached hydrogens (tertiary/aromatic N) is 2. The van der Waals surface area contributed by atoms with Crippen LogP contribution in [0.3, 0.4) is 0 Å². The normalized spacial score (nSPS) is 24.5. The van der Waals surface area contributed by atoms with E-state index in [0.29, 0.717) is 5.91 Å². The van der Waals surface area contributed by atoms with Gasteiger partial charge in [0.2, 0.25) is 5.91 Å². The van der Waals surface area contributed by atoms with Gasteiger partial charge in [-0.1, -0.05) is 55.2 Å². The van der Waals surface area contributed by atoms with Gasteiger partial charge in [0.05, 0.1) is 18.1 Å². The second-order valence-corrected chi connectivity index (χ2v) is 10.5. The van der Waals surface area contributed by atoms with Crippen LogP contribution in [0.4, 0.5) is 0 Å². The Hall–Kier alpha value is -2.20. The zero-order valence-corrected chi connectivity index (χ0v) is 19.4. The van der Waals surface area contributed by atoms with Crippen molar-refractivity contribution in [3.8, 4) is 0 Å². The maximum atomic E-state index is 14.0. The number of carbonyl (C=O) groups excluding carboxylic acids is 1. The van der Waals surface area contributed by atoms with E-state index in [4.69, 9.17) is 4.74 Å². The maximum absolute atomic E-state index is 14.0. The summed E-state index contributed by atoms with van der Waals surface area (Å²) in [6.07, 6.45) is 11.8. The first-order chi connectivity index (χ1) is 15.6. The summed E-state index contributed by atoms with van der Waals surface area (Å²) in [5.41, 5.74) is 3.52. The van der Waals surface area contributed by atoms with Crippen molar-refractivity contribution in [1.82, 2.24) is 9.88 Å². The number of pyridine rings is 1. The van der Waals surface area contributed by atoms with Crippen molar-refractivity contribution in [2.75, 3.05) is 19.7 Å². The molecular weight excluding hydrogens is 396 g/mol. The number of amides is 1. The molecule has 1 atom stereocenters. The van der Waals surface area contributed by atoms with Gasteiger partial charge in [0.1, 0.15) is 0 Å². The van der Waals surface area contributed by atoms with E-state index in [1.165, 1.54) is 17.5 Å². The van der Waals surface area contributed by atoms with Crippen LogP contribution >= 0.6 is 0 Å². The summed E-state index contributed by atoms with van der Waals surface area (Å²) in [6.45, 7) is 4.68. The number of likely N-dealkylation sites (tertiary alicyclic amines) is 1. The Kier molecular flexibility index (Phi) is 6.07. The summed E-state index contributed by atoms with van der Waals surface area (Å²) in [4.78, 5) is 20.6. The monoisotopic (exact) mass is 432 g/mol. The molecule has 2 saturated heterocycles. The van der Waals surface area contributed by atoms with Crippen molar-refractivity contribution >= 4 is 5.91 Å². The smallest absolute Gasteiger partial charge is 0.233 e. The fourth-order valence-corrected chi connectivity index (χ4v) is 6.27. The molecule has 0 radical (unpaired) electrons. The summed E-state index contributed by atoms with van der Waals surface area (Å²) in [5, 5.41) is 0. The van der Waals surface area contributed by atoms with Crippen LogP contribution in [-0.4, -0.2) is 41.6 Å². The van der Waals surface area contributed by atoms with Crippen LogP contribution in [0.25, 0.3) is 0 Å². The quantitative estimate of drug-likeness (QED) is 0.664. The standard InChI is InChI=1S/C28H36N2O2/c1-22-8-10-23(11-9-22)28(12-4-2-5-13-28)26(31)30-17-14-27(15-18-30)20-25(32-21-27)19-24-7-3-6-16-29-24/h3,6-11,16,25H,2,4-5,12-15,17-21H2,1H3. The van der Waals surface area contributed by atoms with Gasteiger partial charge in [-0.3, -0.25) is 9.78 Å². The fraction of sp³-hybridized carbons (Fsp3) is 0.571. The van der Waals surface area contributed by atoms with Crippen molar-refractivity contribution in [2.24, 2.45) is 5.41 Å². The molecule has 4 heteroatoms. The Morgan fingerprint density at radius 1 is 1.03 bits per heavy atom. The predicted molar refractivity (Wildman–Crippen MR) is 126 cm³/mol. The van der Waals surface area contributed by atoms with E-state index in [0.717, 1.165) is 76.8 Å². The molecule has 3 heterocycles. The van der Waals surface area contributed by atoms with Crippen molar-refractivity contribution in [3.63, 3.8) is 0 Å². The van der Waals surface area contributed by atoms with Gasteiger partial charge in [0, 0.05) is 31.4 Å². The fourth-order valence-electron chi connectivity index (χ4n) is 6.27. The zero-order valence-electron chi connectivity index (χ0n) is 19.4. The molecule has 5 rings (SSSR count). The Labute approximate surface area is 192 Å². The summed E-state index contributed by atoms with van der Waals surface area (Å²) >= 11 is 0. The van der Waals surface area contributed by atoms with Crippen LogP contribution in [0.1, 0.15) is 68.2 Å². The minimum Gasteiger partial charge on any atom is -0.377 e. The van der Waals surface area contributed by atoms with E-state index >= 15 is 0 Å². The highest BCUT2D eigenvalue weighted by Crippen LogP contribution is 2.45. The number of rotatable bonds is 4. The Morgan fingerprint density at radius 3 is 2.47 bits per heavy atom. The van der Waals surface area contributed by atoms with Gasteiger partial charge in [0.25, 0.3) is 0 Å². The van der Waals surface area contributed by atoms with Gasteiger partial charge in [0.15, 0.2) is 0 Å². The molecule has 32 heavy (non-hydrogen) atoms. The van der Waals surface area contributed by atoms with E-state index in [-0.39, 0.29) is 16.9 Å². The molecule has 0 bridgehead atoms. The van der Waals surface area contributed by atoms with Crippen LogP contribution in [-0.2, 0) is 21.4 Å². The number of carbonyl (C=O) groups is 1. The lowest BCUT2D eigenvalue weighted by atomic mass is 9.67. The molecule has 0 N–H and O–H groups in total. The molecule has 170 valence electrons. The molecule has 1 saturated carbocycles. The topological polar surface area (TPSA) is 42.4 Å². The summed E-state index contributed by atoms with van der Waals surface area (Å²) in [7, 11) is 0. The van der Waals surface area contributed by atoms with Gasteiger partial charge < -0.3 is 9.64 Å². The van der Waals surface area contributed by atoms with Gasteiger partial charge in [-0.15, -0.1) is 0 Å². The molecule has 4 nitrogen and oxygen atoms in total. The first kappa shape index (κ1) is 21.6. The summed E-state index contributed by atoms with van der Waals surface area (Å²) in [6, 6.07) is 14.8. The van der Waals surface area contributed by atoms with Crippen molar-refractivity contribution in [1.29, 1.82) is 0 Å². The van der Waals surface area contributed by atoms with Crippen LogP contribution in [0.5, 0.6) is 0 Å². The second kappa shape index (κ2) is 8.97. The van der Waals surface area contributed by atoms with Crippen LogP contribution in [0.2, 0.25) is 0 Å². The van der Waals surface area contributed by atoms with Gasteiger partial charge in [-0.25, -0.2) is 0 Å². The summed E-state index contributed by atoms with van der Waals surface area (Å²) in [5.74, 6) is 0.375. The van der Waals surface area contributed by atoms with E-state index in [1.54, 1.807) is 0 Å². The van der Waals surface area contributed by atoms with Crippen LogP contribution in [0.15, 0.2) is 48.7 Å². The average molecular weight is 433 g/mol. The van der Waals surface area contributed by atoms with Crippen molar-refractivity contribution < 1.29 is 9.53 Å². The molecule has 1 aromatic heterocycles. The van der Waals surface area contributed by atoms with Gasteiger partial charge in [-0.05, 0) is 62.1 Å². The van der Waals surface area contributed by atoms with E-state index < -0.39 is 0 Å². The number of benzene rings is 1. The predicted octanol–water partition coefficient (Wildman–Crippen LogP) is 5.23. The summed E-state index contributed by atoms with van der Waals surface area (Å²) < 4.78 is 6.22. The third kappa shape index (κ3) is 4.22. The van der Waals surface area contributed by atoms with E-state index in [2.05, 4.69) is 47.1 Å². The lowest BCUT2D eigenvalue weighted by Crippen LogP contribution is -2.52. The largest absolute Gasteiger partial charge is 0.377 e. The van der Waals surface area contributed by atoms with Crippen molar-refractivity contribution in [2.45, 2.75) is 76.2 Å². The highest BCUT2D eigenvalue weighted by Gasteiger charge is 2.47. The first-order valence-electron chi connectivity index (χ1n) is 12.5. The molecule has 2 aliphatic heterocycles. The molecule has 1 unspecified atom stereocenters. The SMILES string of the molecule is Cc1ccc(C2(C(=O)N3CCC4(CC3)COC(Cc3ccccn3)C4)CCCCC2)cc1. The zero-order chi connectivity index (χ0) is 22.0. The van der Waals surface area contributed by atoms with Gasteiger partial charge in [-0.2, -0.15) is 0 Å². The van der Waals surface area contributed by atoms with E-state index in [9.17, 15) is 4.79 Å². The molecule has 1 amide bonds.